The van der Waals surface area contributed by atoms with Gasteiger partial charge in [-0.25, -0.2) is 0 Å². The second-order valence-electron chi connectivity index (χ2n) is 5.16. The van der Waals surface area contributed by atoms with Crippen molar-refractivity contribution in [2.75, 3.05) is 12.4 Å². The molecule has 0 radical (unpaired) electrons. The highest BCUT2D eigenvalue weighted by atomic mass is 16.5. The monoisotopic (exact) mass is 314 g/mol. The van der Waals surface area contributed by atoms with Crippen molar-refractivity contribution in [1.29, 1.82) is 0 Å². The predicted molar refractivity (Wildman–Crippen MR) is 89.7 cm³/mol. The molecule has 1 amide bonds. The van der Waals surface area contributed by atoms with Crippen LogP contribution in [-0.4, -0.2) is 18.0 Å². The van der Waals surface area contributed by atoms with Crippen LogP contribution in [0.1, 0.15) is 31.7 Å². The van der Waals surface area contributed by atoms with Crippen molar-refractivity contribution in [2.45, 2.75) is 32.8 Å². The number of nitrogens with zero attached hydrogens (tertiary/aromatic N) is 1. The number of hydrogen-bond acceptors (Lipinski definition) is 4. The first-order chi connectivity index (χ1) is 11.2. The van der Waals surface area contributed by atoms with Gasteiger partial charge in [-0.05, 0) is 36.2 Å². The quantitative estimate of drug-likeness (QED) is 0.805. The molecule has 0 aliphatic heterocycles. The Morgan fingerprint density at radius 3 is 2.65 bits per heavy atom. The molecular weight excluding hydrogens is 292 g/mol. The van der Waals surface area contributed by atoms with Crippen molar-refractivity contribution < 1.29 is 14.3 Å². The Kier molecular flexibility index (Phi) is 6.41. The zero-order valence-corrected chi connectivity index (χ0v) is 13.5. The molecule has 1 N–H and O–H groups in total. The Morgan fingerprint density at radius 1 is 1.17 bits per heavy atom. The molecule has 0 aliphatic rings. The van der Waals surface area contributed by atoms with Crippen molar-refractivity contribution in [3.63, 3.8) is 0 Å². The number of carbonyl (C=O) groups is 1. The summed E-state index contributed by atoms with van der Waals surface area (Å²) in [5.74, 6) is 1.24. The lowest BCUT2D eigenvalue weighted by atomic mass is 10.2. The number of pyridine rings is 1. The van der Waals surface area contributed by atoms with Crippen LogP contribution >= 0.6 is 0 Å². The van der Waals surface area contributed by atoms with E-state index in [0.717, 1.165) is 18.4 Å². The molecule has 0 fully saturated rings. The predicted octanol–water partition coefficient (Wildman–Crippen LogP) is 3.80. The minimum atomic E-state index is 0.0112. The second-order valence-corrected chi connectivity index (χ2v) is 5.16. The number of ether oxygens (including phenoxy) is 2. The van der Waals surface area contributed by atoms with Crippen LogP contribution < -0.4 is 14.8 Å². The molecule has 0 spiro atoms. The largest absolute Gasteiger partial charge is 0.493 e. The van der Waals surface area contributed by atoms with Crippen molar-refractivity contribution >= 4 is 11.6 Å². The van der Waals surface area contributed by atoms with Gasteiger partial charge in [0.05, 0.1) is 7.11 Å². The molecule has 23 heavy (non-hydrogen) atoms. The van der Waals surface area contributed by atoms with Crippen molar-refractivity contribution in [3.8, 4) is 11.5 Å². The average molecular weight is 314 g/mol. The van der Waals surface area contributed by atoms with Gasteiger partial charge in [-0.15, -0.1) is 0 Å². The maximum Gasteiger partial charge on any atom is 0.224 e. The third kappa shape index (κ3) is 5.29. The zero-order valence-electron chi connectivity index (χ0n) is 13.5. The molecule has 2 rings (SSSR count). The van der Waals surface area contributed by atoms with Crippen LogP contribution in [0.15, 0.2) is 42.7 Å². The number of benzene rings is 1. The molecule has 0 saturated carbocycles. The molecule has 0 bridgehead atoms. The Hall–Kier alpha value is -2.56. The fourth-order valence-corrected chi connectivity index (χ4v) is 2.07. The van der Waals surface area contributed by atoms with E-state index in [1.165, 1.54) is 0 Å². The first kappa shape index (κ1) is 16.8. The molecule has 0 atom stereocenters. The number of hydrogen-bond donors (Lipinski definition) is 1. The normalized spacial score (nSPS) is 10.2. The molecule has 0 aliphatic carbocycles. The minimum absolute atomic E-state index is 0.0112. The lowest BCUT2D eigenvalue weighted by molar-refractivity contribution is -0.116. The van der Waals surface area contributed by atoms with E-state index in [-0.39, 0.29) is 5.91 Å². The Balaban J connectivity index is 2.04. The number of rotatable bonds is 8. The number of anilines is 1. The van der Waals surface area contributed by atoms with E-state index in [0.29, 0.717) is 30.2 Å². The van der Waals surface area contributed by atoms with Gasteiger partial charge in [-0.1, -0.05) is 13.3 Å². The molecule has 5 nitrogen and oxygen atoms in total. The average Bonchev–Trinajstić information content (AvgIpc) is 2.59. The van der Waals surface area contributed by atoms with E-state index in [4.69, 9.17) is 9.47 Å². The highest BCUT2D eigenvalue weighted by Gasteiger charge is 2.08. The van der Waals surface area contributed by atoms with Crippen LogP contribution in [0.4, 0.5) is 5.69 Å². The van der Waals surface area contributed by atoms with E-state index in [1.807, 2.05) is 18.2 Å². The van der Waals surface area contributed by atoms with Gasteiger partial charge in [0.15, 0.2) is 11.5 Å². The maximum atomic E-state index is 11.8. The van der Waals surface area contributed by atoms with E-state index < -0.39 is 0 Å². The van der Waals surface area contributed by atoms with Gasteiger partial charge in [-0.3, -0.25) is 9.78 Å². The van der Waals surface area contributed by atoms with Gasteiger partial charge >= 0.3 is 0 Å². The van der Waals surface area contributed by atoms with Crippen LogP contribution in [0.25, 0.3) is 0 Å². The Labute approximate surface area is 136 Å². The molecule has 2 aromatic rings. The van der Waals surface area contributed by atoms with Crippen LogP contribution in [0, 0.1) is 0 Å². The standard InChI is InChI=1S/C18H22N2O3/c1-3-4-5-18(21)20-15-6-7-16(22-2)17(12-15)23-13-14-8-10-19-11-9-14/h6-12H,3-5,13H2,1-2H3,(H,20,21). The highest BCUT2D eigenvalue weighted by molar-refractivity contribution is 5.91. The van der Waals surface area contributed by atoms with Gasteiger partial charge in [-0.2, -0.15) is 0 Å². The summed E-state index contributed by atoms with van der Waals surface area (Å²) < 4.78 is 11.1. The van der Waals surface area contributed by atoms with Crippen molar-refractivity contribution in [3.05, 3.63) is 48.3 Å². The molecular formula is C18H22N2O3. The number of amides is 1. The fourth-order valence-electron chi connectivity index (χ4n) is 2.07. The zero-order chi connectivity index (χ0) is 16.5. The Bertz CT molecular complexity index is 629. The number of nitrogens with one attached hydrogen (secondary N) is 1. The second kappa shape index (κ2) is 8.78. The number of unbranched alkanes of at least 4 members (excludes halogenated alkanes) is 1. The molecule has 0 saturated heterocycles. The SMILES string of the molecule is CCCCC(=O)Nc1ccc(OC)c(OCc2ccncc2)c1. The van der Waals surface area contributed by atoms with E-state index in [9.17, 15) is 4.79 Å². The Morgan fingerprint density at radius 2 is 1.96 bits per heavy atom. The van der Waals surface area contributed by atoms with E-state index in [2.05, 4.69) is 17.2 Å². The van der Waals surface area contributed by atoms with Crippen LogP contribution in [0.5, 0.6) is 11.5 Å². The van der Waals surface area contributed by atoms with Crippen LogP contribution in [-0.2, 0) is 11.4 Å². The minimum Gasteiger partial charge on any atom is -0.493 e. The summed E-state index contributed by atoms with van der Waals surface area (Å²) in [5, 5.41) is 2.88. The van der Waals surface area contributed by atoms with Gasteiger partial charge in [0.2, 0.25) is 5.91 Å². The molecule has 122 valence electrons. The van der Waals surface area contributed by atoms with Gasteiger partial charge < -0.3 is 14.8 Å². The third-order valence-corrected chi connectivity index (χ3v) is 3.35. The highest BCUT2D eigenvalue weighted by Crippen LogP contribution is 2.31. The lowest BCUT2D eigenvalue weighted by Gasteiger charge is -2.13. The summed E-state index contributed by atoms with van der Waals surface area (Å²) in [4.78, 5) is 15.8. The summed E-state index contributed by atoms with van der Waals surface area (Å²) in [6, 6.07) is 9.16. The summed E-state index contributed by atoms with van der Waals surface area (Å²) in [6.45, 7) is 2.47. The third-order valence-electron chi connectivity index (χ3n) is 3.35. The lowest BCUT2D eigenvalue weighted by Crippen LogP contribution is -2.11. The van der Waals surface area contributed by atoms with Gasteiger partial charge in [0, 0.05) is 30.6 Å². The van der Waals surface area contributed by atoms with Crippen molar-refractivity contribution in [2.24, 2.45) is 0 Å². The van der Waals surface area contributed by atoms with Crippen LogP contribution in [0.3, 0.4) is 0 Å². The number of methoxy groups -OCH3 is 1. The maximum absolute atomic E-state index is 11.8. The molecule has 1 aromatic carbocycles. The van der Waals surface area contributed by atoms with E-state index >= 15 is 0 Å². The van der Waals surface area contributed by atoms with Gasteiger partial charge in [0.1, 0.15) is 6.61 Å². The molecule has 1 heterocycles. The number of aromatic nitrogens is 1. The summed E-state index contributed by atoms with van der Waals surface area (Å²) in [5.41, 5.74) is 1.72. The topological polar surface area (TPSA) is 60.5 Å². The molecule has 5 heteroatoms. The summed E-state index contributed by atoms with van der Waals surface area (Å²) >= 11 is 0. The smallest absolute Gasteiger partial charge is 0.224 e. The van der Waals surface area contributed by atoms with Gasteiger partial charge in [0.25, 0.3) is 0 Å². The molecule has 1 aromatic heterocycles. The first-order valence-corrected chi connectivity index (χ1v) is 7.72. The molecule has 0 unspecified atom stereocenters. The van der Waals surface area contributed by atoms with E-state index in [1.54, 1.807) is 31.6 Å². The van der Waals surface area contributed by atoms with Crippen molar-refractivity contribution in [1.82, 2.24) is 4.98 Å². The summed E-state index contributed by atoms with van der Waals surface area (Å²) in [6.07, 6.45) is 5.85. The first-order valence-electron chi connectivity index (χ1n) is 7.72. The number of carbonyl (C=O) groups excluding carboxylic acids is 1. The fraction of sp³-hybridized carbons (Fsp3) is 0.333. The summed E-state index contributed by atoms with van der Waals surface area (Å²) in [7, 11) is 1.59. The van der Waals surface area contributed by atoms with Crippen LogP contribution in [0.2, 0.25) is 0 Å².